The summed E-state index contributed by atoms with van der Waals surface area (Å²) in [6, 6.07) is 17.3. The number of hydrogen-bond donors (Lipinski definition) is 2. The molecule has 0 fully saturated rings. The predicted molar refractivity (Wildman–Crippen MR) is 160 cm³/mol. The van der Waals surface area contributed by atoms with Crippen molar-refractivity contribution in [3.63, 3.8) is 0 Å². The van der Waals surface area contributed by atoms with Crippen molar-refractivity contribution in [1.29, 1.82) is 0 Å². The molecule has 1 aromatic heterocycles. The third-order valence-electron chi connectivity index (χ3n) is 7.91. The van der Waals surface area contributed by atoms with Gasteiger partial charge in [0.15, 0.2) is 0 Å². The van der Waals surface area contributed by atoms with E-state index in [9.17, 15) is 13.9 Å². The number of ether oxygens (including phenoxy) is 2. The molecule has 4 aromatic rings. The first-order valence-corrected chi connectivity index (χ1v) is 15.5. The van der Waals surface area contributed by atoms with Gasteiger partial charge in [-0.2, -0.15) is 4.31 Å². The summed E-state index contributed by atoms with van der Waals surface area (Å²) in [6.45, 7) is 8.84. The standard InChI is InChI=1S/C31H38N4O5S/c1-6-24-19-35(41(37,38)29-11-9-8-10-28(29)40-24)18-23-16-22(13-12-20(23)3)26(17-30(36)39-7-2)25-14-15-27-31(21(25)4)32-33-34(27)5/h8-16,24,26,37-38H,6-7,17-19H2,1-5H3/t24-,26?/m1/s1. The minimum Gasteiger partial charge on any atom is -0.487 e. The molecule has 0 bridgehead atoms. The average Bonchev–Trinajstić information content (AvgIpc) is 3.29. The molecule has 2 heterocycles. The lowest BCUT2D eigenvalue weighted by atomic mass is 9.84. The number of carbonyl (C=O) groups is 1. The summed E-state index contributed by atoms with van der Waals surface area (Å²) in [6.07, 6.45) is 0.706. The first-order chi connectivity index (χ1) is 19.6. The zero-order valence-electron chi connectivity index (χ0n) is 24.2. The van der Waals surface area contributed by atoms with Crippen LogP contribution in [0.3, 0.4) is 0 Å². The van der Waals surface area contributed by atoms with Gasteiger partial charge in [-0.15, -0.1) is 15.9 Å². The number of carbonyl (C=O) groups excluding carboxylic acids is 1. The lowest BCUT2D eigenvalue weighted by Gasteiger charge is -2.42. The van der Waals surface area contributed by atoms with Gasteiger partial charge >= 0.3 is 5.97 Å². The Labute approximate surface area is 242 Å². The minimum absolute atomic E-state index is 0.168. The maximum absolute atomic E-state index is 12.8. The van der Waals surface area contributed by atoms with Crippen molar-refractivity contribution in [2.24, 2.45) is 7.05 Å². The highest BCUT2D eigenvalue weighted by atomic mass is 32.3. The van der Waals surface area contributed by atoms with Crippen molar-refractivity contribution in [3.8, 4) is 5.75 Å². The lowest BCUT2D eigenvalue weighted by molar-refractivity contribution is -0.143. The summed E-state index contributed by atoms with van der Waals surface area (Å²) in [5.74, 6) is -0.0482. The molecule has 0 aliphatic carbocycles. The van der Waals surface area contributed by atoms with Gasteiger partial charge in [-0.3, -0.25) is 13.9 Å². The fraction of sp³-hybridized carbons (Fsp3) is 0.387. The van der Waals surface area contributed by atoms with E-state index in [4.69, 9.17) is 9.47 Å². The topological polar surface area (TPSA) is 110 Å². The quantitative estimate of drug-likeness (QED) is 0.232. The highest BCUT2D eigenvalue weighted by Crippen LogP contribution is 2.57. The van der Waals surface area contributed by atoms with Crippen molar-refractivity contribution in [3.05, 3.63) is 82.4 Å². The molecule has 1 aliphatic heterocycles. The fourth-order valence-corrected chi connectivity index (χ4v) is 7.14. The van der Waals surface area contributed by atoms with E-state index in [-0.39, 0.29) is 24.4 Å². The highest BCUT2D eigenvalue weighted by Gasteiger charge is 2.35. The van der Waals surface area contributed by atoms with Gasteiger partial charge < -0.3 is 9.47 Å². The molecular weight excluding hydrogens is 540 g/mol. The van der Waals surface area contributed by atoms with Gasteiger partial charge in [-0.05, 0) is 73.2 Å². The summed E-state index contributed by atoms with van der Waals surface area (Å²) in [5.41, 5.74) is 6.58. The number of aryl methyl sites for hydroxylation is 3. The summed E-state index contributed by atoms with van der Waals surface area (Å²) in [5, 5.41) is 8.54. The maximum atomic E-state index is 12.8. The second-order valence-electron chi connectivity index (χ2n) is 10.5. The molecule has 5 rings (SSSR count). The van der Waals surface area contributed by atoms with Crippen LogP contribution in [0, 0.1) is 13.8 Å². The summed E-state index contributed by atoms with van der Waals surface area (Å²) in [4.78, 5) is 13.2. The van der Waals surface area contributed by atoms with Crippen molar-refractivity contribution in [1.82, 2.24) is 19.3 Å². The Balaban J connectivity index is 1.55. The van der Waals surface area contributed by atoms with Crippen LogP contribution in [0.15, 0.2) is 59.5 Å². The van der Waals surface area contributed by atoms with Crippen LogP contribution in [0.2, 0.25) is 0 Å². The zero-order chi connectivity index (χ0) is 29.3. The van der Waals surface area contributed by atoms with E-state index in [0.29, 0.717) is 30.3 Å². The number of para-hydroxylation sites is 1. The van der Waals surface area contributed by atoms with Crippen molar-refractivity contribution in [2.75, 3.05) is 13.2 Å². The maximum Gasteiger partial charge on any atom is 0.306 e. The molecule has 10 heteroatoms. The Kier molecular flexibility index (Phi) is 8.37. The van der Waals surface area contributed by atoms with E-state index in [1.165, 1.54) is 0 Å². The van der Waals surface area contributed by atoms with E-state index in [0.717, 1.165) is 45.3 Å². The van der Waals surface area contributed by atoms with Crippen LogP contribution < -0.4 is 4.74 Å². The number of nitrogens with zero attached hydrogens (tertiary/aromatic N) is 4. The van der Waals surface area contributed by atoms with Gasteiger partial charge in [0.2, 0.25) is 0 Å². The number of hydrogen-bond acceptors (Lipinski definition) is 8. The average molecular weight is 579 g/mol. The van der Waals surface area contributed by atoms with Gasteiger partial charge in [0.05, 0.1) is 25.1 Å². The summed E-state index contributed by atoms with van der Waals surface area (Å²) >= 11 is 0. The van der Waals surface area contributed by atoms with Crippen LogP contribution in [0.4, 0.5) is 0 Å². The smallest absolute Gasteiger partial charge is 0.306 e. The van der Waals surface area contributed by atoms with Gasteiger partial charge in [0.25, 0.3) is 0 Å². The van der Waals surface area contributed by atoms with Crippen LogP contribution in [-0.4, -0.2) is 53.6 Å². The number of benzene rings is 3. The fourth-order valence-electron chi connectivity index (χ4n) is 5.52. The van der Waals surface area contributed by atoms with Gasteiger partial charge in [0, 0.05) is 19.5 Å². The first-order valence-electron chi connectivity index (χ1n) is 14.0. The third-order valence-corrected chi connectivity index (χ3v) is 9.84. The molecule has 0 saturated heterocycles. The minimum atomic E-state index is -3.30. The molecule has 41 heavy (non-hydrogen) atoms. The molecule has 0 spiro atoms. The van der Waals surface area contributed by atoms with Crippen LogP contribution >= 0.6 is 10.8 Å². The van der Waals surface area contributed by atoms with E-state index < -0.39 is 10.8 Å². The van der Waals surface area contributed by atoms with E-state index in [2.05, 4.69) is 16.4 Å². The molecule has 2 atom stereocenters. The second-order valence-corrected chi connectivity index (χ2v) is 12.5. The van der Waals surface area contributed by atoms with Crippen molar-refractivity contribution in [2.45, 2.75) is 64.0 Å². The number of rotatable bonds is 8. The first kappa shape index (κ1) is 29.1. The second kappa shape index (κ2) is 11.8. The largest absolute Gasteiger partial charge is 0.487 e. The molecule has 218 valence electrons. The molecule has 9 nitrogen and oxygen atoms in total. The number of fused-ring (bicyclic) bond motifs is 2. The van der Waals surface area contributed by atoms with Crippen molar-refractivity contribution < 1.29 is 23.4 Å². The SMILES string of the molecule is CCOC(=O)CC(c1ccc(C)c(CN2C[C@@H](CC)Oc3ccccc3S2(O)O)c1)c1ccc2c(nnn2C)c1C. The molecule has 1 aliphatic rings. The van der Waals surface area contributed by atoms with Crippen LogP contribution in [-0.2, 0) is 23.1 Å². The third kappa shape index (κ3) is 5.70. The molecule has 0 radical (unpaired) electrons. The Morgan fingerprint density at radius 2 is 1.93 bits per heavy atom. The van der Waals surface area contributed by atoms with Crippen LogP contribution in [0.5, 0.6) is 5.75 Å². The van der Waals surface area contributed by atoms with E-state index in [1.807, 2.05) is 58.2 Å². The predicted octanol–water partition coefficient (Wildman–Crippen LogP) is 6.37. The Morgan fingerprint density at radius 1 is 1.15 bits per heavy atom. The number of esters is 1. The Morgan fingerprint density at radius 3 is 2.68 bits per heavy atom. The zero-order valence-corrected chi connectivity index (χ0v) is 25.0. The van der Waals surface area contributed by atoms with Gasteiger partial charge in [0.1, 0.15) is 22.3 Å². The molecule has 3 aromatic carbocycles. The van der Waals surface area contributed by atoms with Crippen LogP contribution in [0.25, 0.3) is 11.0 Å². The van der Waals surface area contributed by atoms with Crippen molar-refractivity contribution >= 4 is 27.8 Å². The lowest BCUT2D eigenvalue weighted by Crippen LogP contribution is -2.34. The Hall–Kier alpha value is -3.44. The molecule has 0 saturated carbocycles. The van der Waals surface area contributed by atoms with Gasteiger partial charge in [-0.1, -0.05) is 48.5 Å². The molecule has 0 amide bonds. The Bertz CT molecular complexity index is 1570. The van der Waals surface area contributed by atoms with Crippen LogP contribution in [0.1, 0.15) is 60.4 Å². The molecule has 1 unspecified atom stereocenters. The van der Waals surface area contributed by atoms with Gasteiger partial charge in [-0.25, -0.2) is 4.68 Å². The summed E-state index contributed by atoms with van der Waals surface area (Å²) < 4.78 is 38.0. The normalized spacial score (nSPS) is 18.3. The molecule has 2 N–H and O–H groups in total. The number of aromatic nitrogens is 3. The summed E-state index contributed by atoms with van der Waals surface area (Å²) in [7, 11) is -1.44. The van der Waals surface area contributed by atoms with E-state index in [1.54, 1.807) is 34.1 Å². The highest BCUT2D eigenvalue weighted by molar-refractivity contribution is 8.22. The molecular formula is C31H38N4O5S. The monoisotopic (exact) mass is 578 g/mol. The van der Waals surface area contributed by atoms with E-state index >= 15 is 0 Å².